The lowest BCUT2D eigenvalue weighted by Crippen LogP contribution is -2.56. The second-order valence-electron chi connectivity index (χ2n) is 9.04. The Labute approximate surface area is 173 Å². The number of aromatic nitrogens is 3. The van der Waals surface area contributed by atoms with E-state index in [2.05, 4.69) is 46.4 Å². The van der Waals surface area contributed by atoms with Gasteiger partial charge in [0, 0.05) is 37.0 Å². The summed E-state index contributed by atoms with van der Waals surface area (Å²) in [5, 5.41) is 11.2. The molecule has 0 aromatic carbocycles. The Morgan fingerprint density at radius 1 is 1.21 bits per heavy atom. The van der Waals surface area contributed by atoms with Gasteiger partial charge in [-0.3, -0.25) is 4.79 Å². The molecule has 1 aliphatic carbocycles. The van der Waals surface area contributed by atoms with Gasteiger partial charge in [-0.1, -0.05) is 20.8 Å². The molecule has 1 aliphatic heterocycles. The van der Waals surface area contributed by atoms with E-state index in [-0.39, 0.29) is 11.8 Å². The first-order chi connectivity index (χ1) is 14.0. The summed E-state index contributed by atoms with van der Waals surface area (Å²) in [6.45, 7) is 10.1. The third-order valence-corrected chi connectivity index (χ3v) is 6.36. The van der Waals surface area contributed by atoms with Crippen molar-refractivity contribution in [2.75, 3.05) is 31.1 Å². The molecule has 7 heteroatoms. The number of nitrogens with zero attached hydrogens (tertiary/aromatic N) is 4. The van der Waals surface area contributed by atoms with E-state index < -0.39 is 0 Å². The van der Waals surface area contributed by atoms with Crippen LogP contribution in [0.1, 0.15) is 45.6 Å². The lowest BCUT2D eigenvalue weighted by molar-refractivity contribution is -0.126. The molecule has 2 aromatic heterocycles. The predicted octanol–water partition coefficient (Wildman–Crippen LogP) is 2.26. The lowest BCUT2D eigenvalue weighted by atomic mass is 9.80. The molecule has 1 amide bonds. The van der Waals surface area contributed by atoms with Crippen LogP contribution in [-0.2, 0) is 11.2 Å². The molecule has 0 spiro atoms. The highest BCUT2D eigenvalue weighted by Gasteiger charge is 2.37. The molecule has 3 heterocycles. The highest BCUT2D eigenvalue weighted by molar-refractivity contribution is 5.82. The molecule has 29 heavy (non-hydrogen) atoms. The summed E-state index contributed by atoms with van der Waals surface area (Å²) in [6, 6.07) is 2.26. The van der Waals surface area contributed by atoms with Gasteiger partial charge >= 0.3 is 0 Å². The predicted molar refractivity (Wildman–Crippen MR) is 115 cm³/mol. The fraction of sp³-hybridized carbons (Fsp3) is 0.682. The van der Waals surface area contributed by atoms with Crippen molar-refractivity contribution in [3.63, 3.8) is 0 Å². The van der Waals surface area contributed by atoms with Crippen LogP contribution in [0.4, 0.5) is 5.82 Å². The van der Waals surface area contributed by atoms with E-state index in [0.717, 1.165) is 56.9 Å². The number of anilines is 1. The number of rotatable bonds is 7. The van der Waals surface area contributed by atoms with E-state index in [9.17, 15) is 4.79 Å². The standard InChI is InChI=1S/C22H34N6O/c1-4-23-7-5-17-12-24-20-6-8-25-28(20)22(17)27-13-18(14-27)21(29)26-19-10-15(2)9-16(3)11-19/h6,8,12,15-16,18-19,23H,4-5,7,9-11,13-14H2,1-3H3,(H,26,29). The van der Waals surface area contributed by atoms with Gasteiger partial charge in [-0.15, -0.1) is 0 Å². The molecule has 2 unspecified atom stereocenters. The van der Waals surface area contributed by atoms with E-state index in [1.54, 1.807) is 6.20 Å². The van der Waals surface area contributed by atoms with Crippen LogP contribution in [0.2, 0.25) is 0 Å². The number of hydrogen-bond acceptors (Lipinski definition) is 5. The molecular weight excluding hydrogens is 364 g/mol. The average molecular weight is 399 g/mol. The maximum absolute atomic E-state index is 12.8. The van der Waals surface area contributed by atoms with Crippen molar-refractivity contribution in [1.29, 1.82) is 0 Å². The number of nitrogens with one attached hydrogen (secondary N) is 2. The molecule has 2 aromatic rings. The zero-order valence-corrected chi connectivity index (χ0v) is 17.9. The minimum absolute atomic E-state index is 0.0583. The van der Waals surface area contributed by atoms with Crippen molar-refractivity contribution in [3.05, 3.63) is 24.0 Å². The summed E-state index contributed by atoms with van der Waals surface area (Å²) >= 11 is 0. The van der Waals surface area contributed by atoms with E-state index in [0.29, 0.717) is 17.9 Å². The van der Waals surface area contributed by atoms with Gasteiger partial charge in [-0.05, 0) is 50.6 Å². The van der Waals surface area contributed by atoms with Crippen LogP contribution < -0.4 is 15.5 Å². The Hall–Kier alpha value is -2.15. The van der Waals surface area contributed by atoms with Crippen LogP contribution in [0, 0.1) is 17.8 Å². The molecule has 1 saturated heterocycles. The lowest BCUT2D eigenvalue weighted by Gasteiger charge is -2.42. The Balaban J connectivity index is 1.41. The first-order valence-corrected chi connectivity index (χ1v) is 11.1. The van der Waals surface area contributed by atoms with Gasteiger partial charge in [0.05, 0.1) is 12.1 Å². The normalized spacial score (nSPS) is 25.2. The highest BCUT2D eigenvalue weighted by Crippen LogP contribution is 2.31. The van der Waals surface area contributed by atoms with Crippen molar-refractivity contribution in [2.45, 2.75) is 52.5 Å². The summed E-state index contributed by atoms with van der Waals surface area (Å²) < 4.78 is 1.92. The summed E-state index contributed by atoms with van der Waals surface area (Å²) in [5.41, 5.74) is 2.03. The molecule has 1 saturated carbocycles. The van der Waals surface area contributed by atoms with Crippen LogP contribution in [0.5, 0.6) is 0 Å². The topological polar surface area (TPSA) is 74.6 Å². The van der Waals surface area contributed by atoms with Gasteiger partial charge in [-0.2, -0.15) is 9.61 Å². The summed E-state index contributed by atoms with van der Waals surface area (Å²) in [7, 11) is 0. The van der Waals surface area contributed by atoms with E-state index >= 15 is 0 Å². The minimum Gasteiger partial charge on any atom is -0.354 e. The summed E-state index contributed by atoms with van der Waals surface area (Å²) in [6.07, 6.45) is 8.15. The fourth-order valence-corrected chi connectivity index (χ4v) is 5.01. The second-order valence-corrected chi connectivity index (χ2v) is 9.04. The monoisotopic (exact) mass is 398 g/mol. The molecule has 158 valence electrons. The Morgan fingerprint density at radius 2 is 1.97 bits per heavy atom. The molecule has 0 radical (unpaired) electrons. The Bertz CT molecular complexity index is 833. The first kappa shape index (κ1) is 20.1. The fourth-order valence-electron chi connectivity index (χ4n) is 5.01. The van der Waals surface area contributed by atoms with Gasteiger partial charge < -0.3 is 15.5 Å². The molecule has 2 fully saturated rings. The zero-order valence-electron chi connectivity index (χ0n) is 17.9. The second kappa shape index (κ2) is 8.69. The average Bonchev–Trinajstić information content (AvgIpc) is 3.09. The minimum atomic E-state index is 0.0583. The number of likely N-dealkylation sites (N-methyl/N-ethyl adjacent to an activating group) is 1. The Morgan fingerprint density at radius 3 is 2.69 bits per heavy atom. The molecule has 4 rings (SSSR count). The van der Waals surface area contributed by atoms with Crippen LogP contribution in [0.25, 0.3) is 5.65 Å². The van der Waals surface area contributed by atoms with Crippen molar-refractivity contribution >= 4 is 17.4 Å². The van der Waals surface area contributed by atoms with Crippen LogP contribution in [-0.4, -0.2) is 52.7 Å². The van der Waals surface area contributed by atoms with Crippen LogP contribution >= 0.6 is 0 Å². The number of fused-ring (bicyclic) bond motifs is 1. The van der Waals surface area contributed by atoms with Crippen molar-refractivity contribution in [3.8, 4) is 0 Å². The quantitative estimate of drug-likeness (QED) is 0.700. The van der Waals surface area contributed by atoms with Crippen molar-refractivity contribution < 1.29 is 4.79 Å². The van der Waals surface area contributed by atoms with E-state index in [1.165, 1.54) is 12.0 Å². The van der Waals surface area contributed by atoms with Crippen molar-refractivity contribution in [1.82, 2.24) is 25.2 Å². The molecule has 7 nitrogen and oxygen atoms in total. The molecule has 0 bridgehead atoms. The number of carbonyl (C=O) groups excluding carboxylic acids is 1. The van der Waals surface area contributed by atoms with Gasteiger partial charge in [0.25, 0.3) is 0 Å². The highest BCUT2D eigenvalue weighted by atomic mass is 16.2. The SMILES string of the molecule is CCNCCc1cnc2ccnn2c1N1CC(C(=O)NC2CC(C)CC(C)C2)C1. The van der Waals surface area contributed by atoms with Gasteiger partial charge in [0.2, 0.25) is 5.91 Å². The van der Waals surface area contributed by atoms with Crippen LogP contribution in [0.15, 0.2) is 18.5 Å². The zero-order chi connectivity index (χ0) is 20.4. The van der Waals surface area contributed by atoms with E-state index in [1.807, 2.05) is 16.8 Å². The largest absolute Gasteiger partial charge is 0.354 e. The van der Waals surface area contributed by atoms with E-state index in [4.69, 9.17) is 0 Å². The summed E-state index contributed by atoms with van der Waals surface area (Å²) in [5.74, 6) is 2.76. The van der Waals surface area contributed by atoms with Crippen LogP contribution in [0.3, 0.4) is 0 Å². The number of carbonyl (C=O) groups is 1. The maximum atomic E-state index is 12.8. The molecule has 2 aliphatic rings. The summed E-state index contributed by atoms with van der Waals surface area (Å²) in [4.78, 5) is 19.6. The van der Waals surface area contributed by atoms with Crippen molar-refractivity contribution in [2.24, 2.45) is 17.8 Å². The smallest absolute Gasteiger partial charge is 0.226 e. The third-order valence-electron chi connectivity index (χ3n) is 6.36. The third kappa shape index (κ3) is 4.39. The Kier molecular flexibility index (Phi) is 6.04. The number of amides is 1. The molecular formula is C22H34N6O. The molecule has 2 N–H and O–H groups in total. The van der Waals surface area contributed by atoms with Gasteiger partial charge in [-0.25, -0.2) is 4.98 Å². The number of hydrogen-bond donors (Lipinski definition) is 2. The van der Waals surface area contributed by atoms with Gasteiger partial charge in [0.1, 0.15) is 5.82 Å². The molecule has 2 atom stereocenters. The first-order valence-electron chi connectivity index (χ1n) is 11.1. The van der Waals surface area contributed by atoms with Gasteiger partial charge in [0.15, 0.2) is 5.65 Å². The maximum Gasteiger partial charge on any atom is 0.226 e.